The number of H-pyrrole nitrogens is 2. The van der Waals surface area contributed by atoms with E-state index in [2.05, 4.69) is 31.2 Å². The average Bonchev–Trinajstić information content (AvgIpc) is 3.51. The lowest BCUT2D eigenvalue weighted by molar-refractivity contribution is -0.132. The number of hydrogen-bond acceptors (Lipinski definition) is 5. The summed E-state index contributed by atoms with van der Waals surface area (Å²) in [7, 11) is 0. The lowest BCUT2D eigenvalue weighted by atomic mass is 10.0. The van der Waals surface area contributed by atoms with Gasteiger partial charge in [-0.1, -0.05) is 36.4 Å². The van der Waals surface area contributed by atoms with Gasteiger partial charge in [-0.3, -0.25) is 14.4 Å². The van der Waals surface area contributed by atoms with Crippen molar-refractivity contribution in [2.24, 2.45) is 0 Å². The molecule has 42 heavy (non-hydrogen) atoms. The summed E-state index contributed by atoms with van der Waals surface area (Å²) in [6, 6.07) is 14.4. The molecule has 4 amide bonds. The minimum absolute atomic E-state index is 0.158. The maximum absolute atomic E-state index is 13.7. The fourth-order valence-electron chi connectivity index (χ4n) is 4.71. The molecule has 2 heterocycles. The summed E-state index contributed by atoms with van der Waals surface area (Å²) >= 11 is 0. The summed E-state index contributed by atoms with van der Waals surface area (Å²) in [5, 5.41) is 12.8. The van der Waals surface area contributed by atoms with Crippen LogP contribution in [0.4, 0.5) is 4.79 Å². The standard InChI is InChI=1S/C31H38N6O5/c1-30(2,3)42-29(41)37-31(4,5)28(40)35-25(14-19-16-32-23-12-8-6-10-21(19)23)27(39)36-26(34-18-38)15-20-17-33-24-13-9-7-11-22(20)24/h6-13,16-18,25-26,32-33H,14-15H2,1-5H3,(H,34,38)(H,35,40)(H,36,39)(H,37,41)/t25-,26-/m1/s1. The predicted molar refractivity (Wildman–Crippen MR) is 161 cm³/mol. The first-order valence-corrected chi connectivity index (χ1v) is 13.8. The van der Waals surface area contributed by atoms with Crippen molar-refractivity contribution in [3.8, 4) is 0 Å². The third-order valence-corrected chi connectivity index (χ3v) is 6.79. The fourth-order valence-corrected chi connectivity index (χ4v) is 4.71. The van der Waals surface area contributed by atoms with Crippen LogP contribution in [0.1, 0.15) is 45.7 Å². The van der Waals surface area contributed by atoms with E-state index in [4.69, 9.17) is 4.74 Å². The van der Waals surface area contributed by atoms with Crippen molar-refractivity contribution < 1.29 is 23.9 Å². The highest BCUT2D eigenvalue weighted by atomic mass is 16.6. The molecule has 6 N–H and O–H groups in total. The Hall–Kier alpha value is -4.80. The van der Waals surface area contributed by atoms with E-state index in [9.17, 15) is 19.2 Å². The van der Waals surface area contributed by atoms with Crippen LogP contribution in [0.25, 0.3) is 21.8 Å². The normalized spacial score (nSPS) is 13.3. The van der Waals surface area contributed by atoms with Crippen molar-refractivity contribution in [2.75, 3.05) is 0 Å². The Morgan fingerprint density at radius 2 is 1.38 bits per heavy atom. The highest BCUT2D eigenvalue weighted by Crippen LogP contribution is 2.21. The van der Waals surface area contributed by atoms with E-state index in [1.54, 1.807) is 27.0 Å². The molecule has 2 atom stereocenters. The maximum Gasteiger partial charge on any atom is 0.408 e. The molecular formula is C31H38N6O5. The number of nitrogens with one attached hydrogen (secondary N) is 6. The molecule has 2 aromatic carbocycles. The molecule has 0 saturated carbocycles. The van der Waals surface area contributed by atoms with Gasteiger partial charge in [-0.05, 0) is 57.9 Å². The molecule has 11 heteroatoms. The van der Waals surface area contributed by atoms with Crippen molar-refractivity contribution >= 4 is 46.1 Å². The zero-order chi connectivity index (χ0) is 30.5. The van der Waals surface area contributed by atoms with Crippen LogP contribution in [-0.4, -0.2) is 57.6 Å². The third kappa shape index (κ3) is 7.48. The van der Waals surface area contributed by atoms with E-state index in [0.29, 0.717) is 12.8 Å². The Morgan fingerprint density at radius 1 is 0.833 bits per heavy atom. The van der Waals surface area contributed by atoms with Gasteiger partial charge in [-0.15, -0.1) is 0 Å². The number of carbonyl (C=O) groups excluding carboxylic acids is 4. The Bertz CT molecular complexity index is 1580. The van der Waals surface area contributed by atoms with Crippen LogP contribution in [0, 0.1) is 0 Å². The second-order valence-corrected chi connectivity index (χ2v) is 11.8. The maximum atomic E-state index is 13.7. The topological polar surface area (TPSA) is 157 Å². The molecule has 0 aliphatic heterocycles. The number of aromatic nitrogens is 2. The number of hydrogen-bond donors (Lipinski definition) is 6. The first-order valence-electron chi connectivity index (χ1n) is 13.8. The molecule has 0 radical (unpaired) electrons. The number of ether oxygens (including phenoxy) is 1. The van der Waals surface area contributed by atoms with Crippen molar-refractivity contribution in [2.45, 2.75) is 70.8 Å². The Balaban J connectivity index is 1.56. The number of fused-ring (bicyclic) bond motifs is 2. The van der Waals surface area contributed by atoms with Gasteiger partial charge in [-0.25, -0.2) is 4.79 Å². The first-order chi connectivity index (χ1) is 19.9. The molecule has 0 fully saturated rings. The molecule has 4 rings (SSSR count). The number of para-hydroxylation sites is 2. The Kier molecular flexibility index (Phi) is 8.89. The van der Waals surface area contributed by atoms with Gasteiger partial charge in [0.05, 0.1) is 0 Å². The SMILES string of the molecule is CC(C)(C)OC(=O)NC(C)(C)C(=O)N[C@H](Cc1c[nH]c2ccccc12)C(=O)N[C@H](Cc1c[nH]c2ccccc12)NC=O. The first kappa shape index (κ1) is 30.2. The van der Waals surface area contributed by atoms with E-state index >= 15 is 0 Å². The summed E-state index contributed by atoms with van der Waals surface area (Å²) < 4.78 is 5.31. The van der Waals surface area contributed by atoms with Crippen LogP contribution in [0.5, 0.6) is 0 Å². The largest absolute Gasteiger partial charge is 0.444 e. The summed E-state index contributed by atoms with van der Waals surface area (Å²) in [6.45, 7) is 8.23. The zero-order valence-electron chi connectivity index (χ0n) is 24.5. The van der Waals surface area contributed by atoms with Crippen molar-refractivity contribution in [3.63, 3.8) is 0 Å². The molecule has 0 spiro atoms. The van der Waals surface area contributed by atoms with Crippen LogP contribution in [0.15, 0.2) is 60.9 Å². The Labute approximate surface area is 244 Å². The lowest BCUT2D eigenvalue weighted by Crippen LogP contribution is -2.61. The predicted octanol–water partition coefficient (Wildman–Crippen LogP) is 3.41. The summed E-state index contributed by atoms with van der Waals surface area (Å²) in [5.74, 6) is -1.08. The van der Waals surface area contributed by atoms with E-state index in [0.717, 1.165) is 32.9 Å². The Morgan fingerprint density at radius 3 is 1.93 bits per heavy atom. The number of rotatable bonds is 11. The van der Waals surface area contributed by atoms with Crippen molar-refractivity contribution in [1.82, 2.24) is 31.2 Å². The van der Waals surface area contributed by atoms with Crippen LogP contribution in [0.2, 0.25) is 0 Å². The molecule has 0 saturated heterocycles. The summed E-state index contributed by atoms with van der Waals surface area (Å²) in [6.07, 6.45) is 3.14. The molecule has 0 aliphatic rings. The second kappa shape index (κ2) is 12.4. The van der Waals surface area contributed by atoms with Crippen LogP contribution >= 0.6 is 0 Å². The van der Waals surface area contributed by atoms with Crippen LogP contribution < -0.4 is 21.3 Å². The smallest absolute Gasteiger partial charge is 0.408 e. The van der Waals surface area contributed by atoms with E-state index in [1.807, 2.05) is 54.7 Å². The monoisotopic (exact) mass is 574 g/mol. The van der Waals surface area contributed by atoms with Crippen molar-refractivity contribution in [1.29, 1.82) is 0 Å². The quantitative estimate of drug-likeness (QED) is 0.120. The van der Waals surface area contributed by atoms with E-state index in [-0.39, 0.29) is 6.42 Å². The highest BCUT2D eigenvalue weighted by Gasteiger charge is 2.35. The van der Waals surface area contributed by atoms with Crippen LogP contribution in [-0.2, 0) is 32.0 Å². The minimum Gasteiger partial charge on any atom is -0.444 e. The number of amides is 4. The van der Waals surface area contributed by atoms with Gasteiger partial charge in [0.25, 0.3) is 0 Å². The van der Waals surface area contributed by atoms with E-state index < -0.39 is 41.3 Å². The average molecular weight is 575 g/mol. The number of benzene rings is 2. The van der Waals surface area contributed by atoms with Crippen LogP contribution in [0.3, 0.4) is 0 Å². The number of aromatic amines is 2. The highest BCUT2D eigenvalue weighted by molar-refractivity contribution is 5.94. The minimum atomic E-state index is -1.40. The van der Waals surface area contributed by atoms with Gasteiger partial charge in [-0.2, -0.15) is 0 Å². The molecule has 0 unspecified atom stereocenters. The van der Waals surface area contributed by atoms with Gasteiger partial charge in [0, 0.05) is 47.0 Å². The fraction of sp³-hybridized carbons (Fsp3) is 0.355. The molecule has 2 aromatic heterocycles. The molecule has 222 valence electrons. The number of carbonyl (C=O) groups is 4. The lowest BCUT2D eigenvalue weighted by Gasteiger charge is -2.30. The van der Waals surface area contributed by atoms with Gasteiger partial charge in [0.15, 0.2) is 0 Å². The second-order valence-electron chi connectivity index (χ2n) is 11.8. The molecular weight excluding hydrogens is 536 g/mol. The van der Waals surface area contributed by atoms with Gasteiger partial charge in [0.1, 0.15) is 23.3 Å². The number of alkyl carbamates (subject to hydrolysis) is 1. The summed E-state index contributed by atoms with van der Waals surface area (Å²) in [4.78, 5) is 57.5. The zero-order valence-corrected chi connectivity index (χ0v) is 24.5. The van der Waals surface area contributed by atoms with Gasteiger partial charge in [0.2, 0.25) is 18.2 Å². The van der Waals surface area contributed by atoms with Crippen molar-refractivity contribution in [3.05, 3.63) is 72.1 Å². The molecule has 11 nitrogen and oxygen atoms in total. The van der Waals surface area contributed by atoms with E-state index in [1.165, 1.54) is 13.8 Å². The van der Waals surface area contributed by atoms with Gasteiger partial charge >= 0.3 is 6.09 Å². The van der Waals surface area contributed by atoms with Gasteiger partial charge < -0.3 is 36.0 Å². The third-order valence-electron chi connectivity index (χ3n) is 6.79. The molecule has 4 aromatic rings. The summed E-state index contributed by atoms with van der Waals surface area (Å²) in [5.41, 5.74) is 1.41. The molecule has 0 bridgehead atoms. The molecule has 0 aliphatic carbocycles.